The first kappa shape index (κ1) is 14.2. The summed E-state index contributed by atoms with van der Waals surface area (Å²) in [7, 11) is 0. The lowest BCUT2D eigenvalue weighted by molar-refractivity contribution is 0.0691. The van der Waals surface area contributed by atoms with Gasteiger partial charge >= 0.3 is 5.97 Å². The van der Waals surface area contributed by atoms with Crippen LogP contribution >= 0.6 is 11.8 Å². The highest BCUT2D eigenvalue weighted by atomic mass is 32.2. The Bertz CT molecular complexity index is 700. The number of fused-ring (bicyclic) bond motifs is 1. The van der Waals surface area contributed by atoms with Crippen LogP contribution in [0.5, 0.6) is 0 Å². The number of rotatable bonds is 2. The lowest BCUT2D eigenvalue weighted by Crippen LogP contribution is -2.43. The van der Waals surface area contributed by atoms with E-state index in [9.17, 15) is 9.90 Å². The lowest BCUT2D eigenvalue weighted by atomic mass is 10.1. The molecule has 1 aromatic heterocycles. The largest absolute Gasteiger partial charge is 0.477 e. The summed E-state index contributed by atoms with van der Waals surface area (Å²) in [5.41, 5.74) is 1.83. The van der Waals surface area contributed by atoms with E-state index in [1.165, 1.54) is 0 Å². The molecule has 2 aromatic rings. The molecule has 1 aromatic carbocycles. The van der Waals surface area contributed by atoms with Crippen molar-refractivity contribution in [2.24, 2.45) is 0 Å². The van der Waals surface area contributed by atoms with Crippen LogP contribution in [0.1, 0.15) is 24.3 Å². The number of nitrogens with zero attached hydrogens (tertiary/aromatic N) is 2. The molecule has 0 radical (unpaired) electrons. The van der Waals surface area contributed by atoms with Crippen LogP contribution in [-0.4, -0.2) is 39.6 Å². The van der Waals surface area contributed by atoms with Gasteiger partial charge in [0, 0.05) is 34.7 Å². The molecule has 0 bridgehead atoms. The number of carboxylic acids is 1. The first-order chi connectivity index (χ1) is 9.96. The van der Waals surface area contributed by atoms with Crippen molar-refractivity contribution in [3.63, 3.8) is 0 Å². The Balaban J connectivity index is 2.13. The number of pyridine rings is 1. The van der Waals surface area contributed by atoms with Crippen LogP contribution in [0, 0.1) is 0 Å². The topological polar surface area (TPSA) is 53.4 Å². The Morgan fingerprint density at radius 3 is 2.86 bits per heavy atom. The molecular weight excluding hydrogens is 284 g/mol. The number of benzene rings is 1. The molecular formula is C16H18N2O2S. The standard InChI is InChI=1S/C16H18N2O2S/c1-16(2)10-18(7-8-21-16)14-9-13(15(19)20)17-12-6-4-3-5-11(12)14/h3-6,9H,7-8,10H2,1-2H3,(H,19,20). The van der Waals surface area contributed by atoms with E-state index in [4.69, 9.17) is 0 Å². The third-order valence-electron chi connectivity index (χ3n) is 3.68. The van der Waals surface area contributed by atoms with E-state index >= 15 is 0 Å². The molecule has 0 atom stereocenters. The van der Waals surface area contributed by atoms with Crippen molar-refractivity contribution < 1.29 is 9.90 Å². The van der Waals surface area contributed by atoms with Crippen molar-refractivity contribution in [3.05, 3.63) is 36.0 Å². The number of thioether (sulfide) groups is 1. The van der Waals surface area contributed by atoms with Gasteiger partial charge in [0.2, 0.25) is 0 Å². The van der Waals surface area contributed by atoms with E-state index < -0.39 is 5.97 Å². The highest BCUT2D eigenvalue weighted by molar-refractivity contribution is 8.00. The fourth-order valence-electron chi connectivity index (χ4n) is 2.75. The SMILES string of the molecule is CC1(C)CN(c2cc(C(=O)O)nc3ccccc23)CCS1. The molecule has 3 rings (SSSR count). The summed E-state index contributed by atoms with van der Waals surface area (Å²) in [6, 6.07) is 9.45. The molecule has 0 aliphatic carbocycles. The van der Waals surface area contributed by atoms with Gasteiger partial charge in [0.25, 0.3) is 0 Å². The van der Waals surface area contributed by atoms with Crippen molar-refractivity contribution in [2.45, 2.75) is 18.6 Å². The molecule has 4 nitrogen and oxygen atoms in total. The van der Waals surface area contributed by atoms with Crippen LogP contribution in [0.25, 0.3) is 10.9 Å². The van der Waals surface area contributed by atoms with E-state index in [1.807, 2.05) is 36.0 Å². The van der Waals surface area contributed by atoms with Crippen molar-refractivity contribution in [2.75, 3.05) is 23.7 Å². The van der Waals surface area contributed by atoms with Crippen molar-refractivity contribution in [3.8, 4) is 0 Å². The normalized spacial score (nSPS) is 17.9. The average molecular weight is 302 g/mol. The van der Waals surface area contributed by atoms with E-state index in [2.05, 4.69) is 23.7 Å². The molecule has 1 N–H and O–H groups in total. The van der Waals surface area contributed by atoms with Gasteiger partial charge in [0.05, 0.1) is 5.52 Å². The molecule has 5 heteroatoms. The molecule has 1 fully saturated rings. The number of hydrogen-bond acceptors (Lipinski definition) is 4. The number of para-hydroxylation sites is 1. The maximum absolute atomic E-state index is 11.3. The number of aromatic nitrogens is 1. The van der Waals surface area contributed by atoms with Crippen LogP contribution < -0.4 is 4.90 Å². The molecule has 1 aliphatic rings. The molecule has 110 valence electrons. The summed E-state index contributed by atoms with van der Waals surface area (Å²) in [5, 5.41) is 10.3. The van der Waals surface area contributed by atoms with Gasteiger partial charge < -0.3 is 10.0 Å². The van der Waals surface area contributed by atoms with Gasteiger partial charge in [0.1, 0.15) is 0 Å². The predicted octanol–water partition coefficient (Wildman–Crippen LogP) is 3.26. The highest BCUT2D eigenvalue weighted by Gasteiger charge is 2.28. The van der Waals surface area contributed by atoms with Gasteiger partial charge in [-0.3, -0.25) is 0 Å². The fraction of sp³-hybridized carbons (Fsp3) is 0.375. The summed E-state index contributed by atoms with van der Waals surface area (Å²) < 4.78 is 0.173. The van der Waals surface area contributed by atoms with Gasteiger partial charge in [-0.25, -0.2) is 9.78 Å². The second-order valence-corrected chi connectivity index (χ2v) is 7.68. The Labute approximate surface area is 128 Å². The van der Waals surface area contributed by atoms with Gasteiger partial charge in [-0.1, -0.05) is 18.2 Å². The number of aromatic carboxylic acids is 1. The molecule has 1 aliphatic heterocycles. The molecule has 21 heavy (non-hydrogen) atoms. The van der Waals surface area contributed by atoms with E-state index in [0.717, 1.165) is 35.4 Å². The van der Waals surface area contributed by atoms with Crippen molar-refractivity contribution in [1.29, 1.82) is 0 Å². The Morgan fingerprint density at radius 1 is 1.38 bits per heavy atom. The molecule has 1 saturated heterocycles. The minimum Gasteiger partial charge on any atom is -0.477 e. The van der Waals surface area contributed by atoms with Crippen molar-refractivity contribution in [1.82, 2.24) is 4.98 Å². The second-order valence-electron chi connectivity index (χ2n) is 5.88. The quantitative estimate of drug-likeness (QED) is 0.922. The van der Waals surface area contributed by atoms with Crippen LogP contribution in [0.15, 0.2) is 30.3 Å². The molecule has 0 saturated carbocycles. The fourth-order valence-corrected chi connectivity index (χ4v) is 3.86. The van der Waals surface area contributed by atoms with E-state index in [1.54, 1.807) is 6.07 Å². The predicted molar refractivity (Wildman–Crippen MR) is 87.5 cm³/mol. The first-order valence-electron chi connectivity index (χ1n) is 6.98. The molecule has 0 spiro atoms. The lowest BCUT2D eigenvalue weighted by Gasteiger charge is -2.39. The zero-order valence-corrected chi connectivity index (χ0v) is 13.0. The summed E-state index contributed by atoms with van der Waals surface area (Å²) in [4.78, 5) is 17.8. The monoisotopic (exact) mass is 302 g/mol. The van der Waals surface area contributed by atoms with Gasteiger partial charge in [0.15, 0.2) is 5.69 Å². The molecule has 0 unspecified atom stereocenters. The van der Waals surface area contributed by atoms with E-state index in [-0.39, 0.29) is 10.4 Å². The summed E-state index contributed by atoms with van der Waals surface area (Å²) in [6.07, 6.45) is 0. The number of carboxylic acid groups (broad SMARTS) is 1. The zero-order chi connectivity index (χ0) is 15.0. The minimum atomic E-state index is -0.979. The summed E-state index contributed by atoms with van der Waals surface area (Å²) in [6.45, 7) is 6.29. The summed E-state index contributed by atoms with van der Waals surface area (Å²) >= 11 is 1.96. The van der Waals surface area contributed by atoms with Crippen LogP contribution in [0.4, 0.5) is 5.69 Å². The number of anilines is 1. The van der Waals surface area contributed by atoms with E-state index in [0.29, 0.717) is 0 Å². The third kappa shape index (κ3) is 2.83. The Kier molecular flexibility index (Phi) is 3.53. The highest BCUT2D eigenvalue weighted by Crippen LogP contribution is 2.35. The van der Waals surface area contributed by atoms with Crippen LogP contribution in [0.2, 0.25) is 0 Å². The van der Waals surface area contributed by atoms with Gasteiger partial charge in [-0.15, -0.1) is 0 Å². The van der Waals surface area contributed by atoms with Crippen LogP contribution in [-0.2, 0) is 0 Å². The number of carbonyl (C=O) groups is 1. The number of hydrogen-bond donors (Lipinski definition) is 1. The maximum Gasteiger partial charge on any atom is 0.354 e. The smallest absolute Gasteiger partial charge is 0.354 e. The Hall–Kier alpha value is -1.75. The first-order valence-corrected chi connectivity index (χ1v) is 7.97. The molecule has 0 amide bonds. The second kappa shape index (κ2) is 5.22. The Morgan fingerprint density at radius 2 is 2.14 bits per heavy atom. The average Bonchev–Trinajstić information content (AvgIpc) is 2.45. The van der Waals surface area contributed by atoms with Crippen LogP contribution in [0.3, 0.4) is 0 Å². The van der Waals surface area contributed by atoms with Gasteiger partial charge in [-0.2, -0.15) is 11.8 Å². The third-order valence-corrected chi connectivity index (χ3v) is 4.98. The zero-order valence-electron chi connectivity index (χ0n) is 12.2. The summed E-state index contributed by atoms with van der Waals surface area (Å²) in [5.74, 6) is 0.0686. The van der Waals surface area contributed by atoms with Gasteiger partial charge in [-0.05, 0) is 26.0 Å². The van der Waals surface area contributed by atoms with Crippen molar-refractivity contribution >= 4 is 34.3 Å². The molecule has 2 heterocycles. The minimum absolute atomic E-state index is 0.111. The maximum atomic E-state index is 11.3.